The van der Waals surface area contributed by atoms with Gasteiger partial charge in [-0.25, -0.2) is 0 Å². The molecule has 1 atom stereocenters. The molecule has 0 aliphatic carbocycles. The molecule has 0 amide bonds. The summed E-state index contributed by atoms with van der Waals surface area (Å²) in [4.78, 5) is 0. The molecular weight excluding hydrogens is 234 g/mol. The number of aryl methyl sites for hydroxylation is 3. The predicted octanol–water partition coefficient (Wildman–Crippen LogP) is 4.08. The molecule has 108 valence electrons. The minimum atomic E-state index is 0.454. The van der Waals surface area contributed by atoms with Gasteiger partial charge in [0.1, 0.15) is 0 Å². The second-order valence-electron chi connectivity index (χ2n) is 5.45. The first-order valence-corrected chi connectivity index (χ1v) is 7.40. The predicted molar refractivity (Wildman–Crippen MR) is 82.8 cm³/mol. The van der Waals surface area contributed by atoms with Crippen LogP contribution in [0.2, 0.25) is 0 Å². The zero-order chi connectivity index (χ0) is 14.3. The van der Waals surface area contributed by atoms with Crippen molar-refractivity contribution in [3.05, 3.63) is 34.4 Å². The van der Waals surface area contributed by atoms with Crippen LogP contribution in [0.4, 0.5) is 0 Å². The summed E-state index contributed by atoms with van der Waals surface area (Å²) in [6.07, 6.45) is 3.41. The molecule has 0 aromatic heterocycles. The fraction of sp³-hybridized carbons (Fsp3) is 0.647. The third kappa shape index (κ3) is 4.96. The monoisotopic (exact) mass is 263 g/mol. The van der Waals surface area contributed by atoms with Crippen molar-refractivity contribution in [1.82, 2.24) is 5.32 Å². The van der Waals surface area contributed by atoms with Gasteiger partial charge < -0.3 is 10.1 Å². The van der Waals surface area contributed by atoms with E-state index in [0.717, 1.165) is 26.0 Å². The number of benzene rings is 1. The Morgan fingerprint density at radius 1 is 1.16 bits per heavy atom. The fourth-order valence-electron chi connectivity index (χ4n) is 2.84. The zero-order valence-corrected chi connectivity index (χ0v) is 13.2. The topological polar surface area (TPSA) is 21.3 Å². The van der Waals surface area contributed by atoms with E-state index in [0.29, 0.717) is 6.04 Å². The smallest absolute Gasteiger partial charge is 0.0462 e. The average Bonchev–Trinajstić information content (AvgIpc) is 2.34. The van der Waals surface area contributed by atoms with Gasteiger partial charge in [-0.15, -0.1) is 0 Å². The van der Waals surface area contributed by atoms with Gasteiger partial charge in [-0.2, -0.15) is 0 Å². The molecule has 2 nitrogen and oxygen atoms in total. The molecule has 1 aromatic carbocycles. The summed E-state index contributed by atoms with van der Waals surface area (Å²) < 4.78 is 5.18. The number of nitrogens with one attached hydrogen (secondary N) is 1. The quantitative estimate of drug-likeness (QED) is 0.714. The van der Waals surface area contributed by atoms with E-state index < -0.39 is 0 Å². The van der Waals surface area contributed by atoms with Crippen molar-refractivity contribution in [3.8, 4) is 0 Å². The summed E-state index contributed by atoms with van der Waals surface area (Å²) in [5, 5.41) is 3.69. The molecule has 2 heteroatoms. The minimum absolute atomic E-state index is 0.454. The van der Waals surface area contributed by atoms with Gasteiger partial charge >= 0.3 is 0 Å². The number of rotatable bonds is 8. The van der Waals surface area contributed by atoms with Crippen LogP contribution in [0.25, 0.3) is 0 Å². The molecule has 0 saturated heterocycles. The molecule has 0 heterocycles. The van der Waals surface area contributed by atoms with Crippen LogP contribution in [0.3, 0.4) is 0 Å². The van der Waals surface area contributed by atoms with Crippen LogP contribution in [-0.2, 0) is 4.74 Å². The Hall–Kier alpha value is -0.860. The lowest BCUT2D eigenvalue weighted by Crippen LogP contribution is -2.24. The van der Waals surface area contributed by atoms with Crippen LogP contribution in [0.15, 0.2) is 12.1 Å². The van der Waals surface area contributed by atoms with Crippen LogP contribution < -0.4 is 5.32 Å². The van der Waals surface area contributed by atoms with E-state index >= 15 is 0 Å². The van der Waals surface area contributed by atoms with Crippen LogP contribution >= 0.6 is 0 Å². The Kier molecular flexibility index (Phi) is 7.11. The van der Waals surface area contributed by atoms with Gasteiger partial charge in [0.05, 0.1) is 0 Å². The van der Waals surface area contributed by atoms with Crippen molar-refractivity contribution in [3.63, 3.8) is 0 Å². The normalized spacial score (nSPS) is 12.7. The van der Waals surface area contributed by atoms with Gasteiger partial charge in [-0.3, -0.25) is 0 Å². The standard InChI is InChI=1S/C17H29NO/c1-6-9-18-16(8-7-10-19-5)17-14(3)11-13(2)12-15(17)4/h11-12,16,18H,6-10H2,1-5H3. The van der Waals surface area contributed by atoms with Gasteiger partial charge in [0, 0.05) is 19.8 Å². The van der Waals surface area contributed by atoms with Crippen LogP contribution in [0.1, 0.15) is 54.5 Å². The summed E-state index contributed by atoms with van der Waals surface area (Å²) in [6.45, 7) is 10.8. The highest BCUT2D eigenvalue weighted by Gasteiger charge is 2.15. The van der Waals surface area contributed by atoms with Crippen LogP contribution in [-0.4, -0.2) is 20.3 Å². The summed E-state index contributed by atoms with van der Waals surface area (Å²) in [6, 6.07) is 5.04. The van der Waals surface area contributed by atoms with E-state index in [1.807, 2.05) is 0 Å². The third-order valence-corrected chi connectivity index (χ3v) is 3.57. The van der Waals surface area contributed by atoms with Crippen molar-refractivity contribution in [2.45, 2.75) is 53.0 Å². The summed E-state index contributed by atoms with van der Waals surface area (Å²) in [7, 11) is 1.77. The molecule has 1 N–H and O–H groups in total. The summed E-state index contributed by atoms with van der Waals surface area (Å²) in [5.74, 6) is 0. The lowest BCUT2D eigenvalue weighted by molar-refractivity contribution is 0.188. The molecule has 0 spiro atoms. The lowest BCUT2D eigenvalue weighted by Gasteiger charge is -2.23. The second-order valence-corrected chi connectivity index (χ2v) is 5.45. The molecule has 1 aromatic rings. The van der Waals surface area contributed by atoms with Crippen molar-refractivity contribution in [1.29, 1.82) is 0 Å². The fourth-order valence-corrected chi connectivity index (χ4v) is 2.84. The SMILES string of the molecule is CCCNC(CCCOC)c1c(C)cc(C)cc1C. The van der Waals surface area contributed by atoms with Gasteiger partial charge in [-0.05, 0) is 63.3 Å². The van der Waals surface area contributed by atoms with E-state index in [1.165, 1.54) is 28.7 Å². The first-order valence-electron chi connectivity index (χ1n) is 7.40. The van der Waals surface area contributed by atoms with E-state index in [4.69, 9.17) is 4.74 Å². The summed E-state index contributed by atoms with van der Waals surface area (Å²) >= 11 is 0. The number of hydrogen-bond donors (Lipinski definition) is 1. The van der Waals surface area contributed by atoms with E-state index in [9.17, 15) is 0 Å². The Morgan fingerprint density at radius 3 is 2.32 bits per heavy atom. The number of hydrogen-bond acceptors (Lipinski definition) is 2. The first kappa shape index (κ1) is 16.2. The number of methoxy groups -OCH3 is 1. The highest BCUT2D eigenvalue weighted by Crippen LogP contribution is 2.27. The maximum atomic E-state index is 5.18. The molecule has 0 aliphatic rings. The molecule has 0 bridgehead atoms. The Labute approximate surface area is 118 Å². The third-order valence-electron chi connectivity index (χ3n) is 3.57. The molecule has 0 radical (unpaired) electrons. The molecule has 1 unspecified atom stereocenters. The lowest BCUT2D eigenvalue weighted by atomic mass is 9.91. The van der Waals surface area contributed by atoms with Gasteiger partial charge in [0.15, 0.2) is 0 Å². The van der Waals surface area contributed by atoms with E-state index in [1.54, 1.807) is 7.11 Å². The molecule has 0 fully saturated rings. The van der Waals surface area contributed by atoms with Crippen molar-refractivity contribution < 1.29 is 4.74 Å². The molecule has 1 rings (SSSR count). The molecular formula is C17H29NO. The number of ether oxygens (including phenoxy) is 1. The zero-order valence-electron chi connectivity index (χ0n) is 13.2. The maximum Gasteiger partial charge on any atom is 0.0462 e. The van der Waals surface area contributed by atoms with E-state index in [-0.39, 0.29) is 0 Å². The maximum absolute atomic E-state index is 5.18. The average molecular weight is 263 g/mol. The van der Waals surface area contributed by atoms with Crippen molar-refractivity contribution >= 4 is 0 Å². The summed E-state index contributed by atoms with van der Waals surface area (Å²) in [5.41, 5.74) is 5.65. The largest absolute Gasteiger partial charge is 0.385 e. The van der Waals surface area contributed by atoms with Crippen LogP contribution in [0.5, 0.6) is 0 Å². The highest BCUT2D eigenvalue weighted by atomic mass is 16.5. The Morgan fingerprint density at radius 2 is 1.79 bits per heavy atom. The molecule has 0 saturated carbocycles. The van der Waals surface area contributed by atoms with Gasteiger partial charge in [-0.1, -0.05) is 24.6 Å². The molecule has 0 aliphatic heterocycles. The minimum Gasteiger partial charge on any atom is -0.385 e. The van der Waals surface area contributed by atoms with Crippen molar-refractivity contribution in [2.24, 2.45) is 0 Å². The van der Waals surface area contributed by atoms with Gasteiger partial charge in [0.25, 0.3) is 0 Å². The highest BCUT2D eigenvalue weighted by molar-refractivity contribution is 5.39. The Balaban J connectivity index is 2.89. The molecule has 19 heavy (non-hydrogen) atoms. The van der Waals surface area contributed by atoms with Crippen molar-refractivity contribution in [2.75, 3.05) is 20.3 Å². The van der Waals surface area contributed by atoms with Gasteiger partial charge in [0.2, 0.25) is 0 Å². The second kappa shape index (κ2) is 8.34. The Bertz CT molecular complexity index is 364. The van der Waals surface area contributed by atoms with E-state index in [2.05, 4.69) is 45.1 Å². The first-order chi connectivity index (χ1) is 9.10. The van der Waals surface area contributed by atoms with Crippen LogP contribution in [0, 0.1) is 20.8 Å².